The van der Waals surface area contributed by atoms with Crippen molar-refractivity contribution in [2.24, 2.45) is 0 Å². The molecule has 0 N–H and O–H groups in total. The summed E-state index contributed by atoms with van der Waals surface area (Å²) in [4.78, 5) is 23.5. The van der Waals surface area contributed by atoms with Gasteiger partial charge in [0, 0.05) is 0 Å². The third-order valence-corrected chi connectivity index (χ3v) is 3.64. The molecule has 25 heavy (non-hydrogen) atoms. The monoisotopic (exact) mass is 344 g/mol. The first-order chi connectivity index (χ1) is 11.9. The first-order valence-electron chi connectivity index (χ1n) is 7.61. The van der Waals surface area contributed by atoms with Crippen LogP contribution in [-0.4, -0.2) is 32.8 Å². The summed E-state index contributed by atoms with van der Waals surface area (Å²) in [5.74, 6) is -0.0454. The molecule has 2 aromatic carbocycles. The average molecular weight is 344 g/mol. The van der Waals surface area contributed by atoms with Crippen LogP contribution in [0.3, 0.4) is 0 Å². The highest BCUT2D eigenvalue weighted by Crippen LogP contribution is 2.28. The molecule has 0 spiro atoms. The van der Waals surface area contributed by atoms with Gasteiger partial charge >= 0.3 is 11.9 Å². The lowest BCUT2D eigenvalue weighted by atomic mass is 10.1. The van der Waals surface area contributed by atoms with Gasteiger partial charge in [-0.1, -0.05) is 6.07 Å². The number of carbonyl (C=O) groups is 2. The van der Waals surface area contributed by atoms with Gasteiger partial charge in [-0.3, -0.25) is 0 Å². The van der Waals surface area contributed by atoms with E-state index >= 15 is 0 Å². The number of esters is 2. The molecular formula is C19H20O6. The van der Waals surface area contributed by atoms with Crippen molar-refractivity contribution >= 4 is 11.9 Å². The summed E-state index contributed by atoms with van der Waals surface area (Å²) in [6.45, 7) is 3.72. The SMILES string of the molecule is COC(=O)c1ccc(OC(=O)COc2ccc(C)c(C)c2)c(OC)c1. The van der Waals surface area contributed by atoms with Gasteiger partial charge in [-0.25, -0.2) is 9.59 Å². The number of hydrogen-bond donors (Lipinski definition) is 0. The van der Waals surface area contributed by atoms with E-state index in [1.165, 1.54) is 32.4 Å². The number of hydrogen-bond acceptors (Lipinski definition) is 6. The Hall–Kier alpha value is -3.02. The van der Waals surface area contributed by atoms with Gasteiger partial charge in [-0.15, -0.1) is 0 Å². The Morgan fingerprint density at radius 2 is 1.68 bits per heavy atom. The normalized spacial score (nSPS) is 10.1. The number of rotatable bonds is 6. The van der Waals surface area contributed by atoms with Crippen molar-refractivity contribution in [3.05, 3.63) is 53.1 Å². The van der Waals surface area contributed by atoms with Crippen LogP contribution >= 0.6 is 0 Å². The van der Waals surface area contributed by atoms with Gasteiger partial charge < -0.3 is 18.9 Å². The zero-order valence-corrected chi connectivity index (χ0v) is 14.6. The molecule has 0 amide bonds. The van der Waals surface area contributed by atoms with Crippen molar-refractivity contribution < 1.29 is 28.5 Å². The van der Waals surface area contributed by atoms with Crippen LogP contribution in [0.1, 0.15) is 21.5 Å². The molecular weight excluding hydrogens is 324 g/mol. The fraction of sp³-hybridized carbons (Fsp3) is 0.263. The molecule has 0 radical (unpaired) electrons. The van der Waals surface area contributed by atoms with Crippen molar-refractivity contribution in [1.82, 2.24) is 0 Å². The van der Waals surface area contributed by atoms with Crippen molar-refractivity contribution in [3.8, 4) is 17.2 Å². The largest absolute Gasteiger partial charge is 0.493 e. The van der Waals surface area contributed by atoms with Crippen LogP contribution in [0, 0.1) is 13.8 Å². The summed E-state index contributed by atoms with van der Waals surface area (Å²) in [5.41, 5.74) is 2.52. The topological polar surface area (TPSA) is 71.1 Å². The second kappa shape index (κ2) is 8.19. The molecule has 0 heterocycles. The Balaban J connectivity index is 2.02. The highest BCUT2D eigenvalue weighted by Gasteiger charge is 2.14. The molecule has 6 heteroatoms. The molecule has 0 saturated carbocycles. The number of methoxy groups -OCH3 is 2. The Kier molecular flexibility index (Phi) is 6.00. The van der Waals surface area contributed by atoms with Gasteiger partial charge in [0.25, 0.3) is 0 Å². The van der Waals surface area contributed by atoms with Gasteiger partial charge in [0.05, 0.1) is 19.8 Å². The van der Waals surface area contributed by atoms with Crippen LogP contribution in [0.5, 0.6) is 17.2 Å². The van der Waals surface area contributed by atoms with Gasteiger partial charge in [-0.2, -0.15) is 0 Å². The second-order valence-electron chi connectivity index (χ2n) is 5.37. The molecule has 0 aromatic heterocycles. The molecule has 0 fully saturated rings. The average Bonchev–Trinajstić information content (AvgIpc) is 2.62. The molecule has 0 saturated heterocycles. The van der Waals surface area contributed by atoms with E-state index in [9.17, 15) is 9.59 Å². The molecule has 0 aliphatic rings. The second-order valence-corrected chi connectivity index (χ2v) is 5.37. The van der Waals surface area contributed by atoms with Crippen LogP contribution in [0.15, 0.2) is 36.4 Å². The summed E-state index contributed by atoms with van der Waals surface area (Å²) in [7, 11) is 2.70. The fourth-order valence-corrected chi connectivity index (χ4v) is 2.09. The predicted octanol–water partition coefficient (Wildman–Crippen LogP) is 3.08. The standard InChI is InChI=1S/C19H20O6/c1-12-5-7-15(9-13(12)2)24-11-18(20)25-16-8-6-14(19(21)23-4)10-17(16)22-3/h5-10H,11H2,1-4H3. The Labute approximate surface area is 146 Å². The lowest BCUT2D eigenvalue weighted by Crippen LogP contribution is -2.18. The van der Waals surface area contributed by atoms with E-state index < -0.39 is 11.9 Å². The Morgan fingerprint density at radius 3 is 2.32 bits per heavy atom. The fourth-order valence-electron chi connectivity index (χ4n) is 2.09. The number of benzene rings is 2. The van der Waals surface area contributed by atoms with Gasteiger partial charge in [0.1, 0.15) is 5.75 Å². The maximum Gasteiger partial charge on any atom is 0.349 e. The van der Waals surface area contributed by atoms with Crippen LogP contribution in [0.4, 0.5) is 0 Å². The first-order valence-corrected chi connectivity index (χ1v) is 7.61. The summed E-state index contributed by atoms with van der Waals surface area (Å²) < 4.78 is 20.5. The molecule has 132 valence electrons. The quantitative estimate of drug-likeness (QED) is 0.592. The van der Waals surface area contributed by atoms with Crippen molar-refractivity contribution in [2.75, 3.05) is 20.8 Å². The van der Waals surface area contributed by atoms with Gasteiger partial charge in [-0.05, 0) is 55.3 Å². The predicted molar refractivity (Wildman–Crippen MR) is 91.4 cm³/mol. The van der Waals surface area contributed by atoms with Crippen LogP contribution in [0.25, 0.3) is 0 Å². The summed E-state index contributed by atoms with van der Waals surface area (Å²) in [6, 6.07) is 9.97. The van der Waals surface area contributed by atoms with Crippen LogP contribution in [0.2, 0.25) is 0 Å². The number of aryl methyl sites for hydroxylation is 2. The molecule has 2 aromatic rings. The van der Waals surface area contributed by atoms with Crippen LogP contribution < -0.4 is 14.2 Å². The van der Waals surface area contributed by atoms with E-state index in [0.29, 0.717) is 11.3 Å². The minimum atomic E-state index is -0.581. The maximum absolute atomic E-state index is 12.0. The molecule has 0 atom stereocenters. The third-order valence-electron chi connectivity index (χ3n) is 3.64. The van der Waals surface area contributed by atoms with Gasteiger partial charge in [0.2, 0.25) is 0 Å². The molecule has 0 aliphatic carbocycles. The Bertz CT molecular complexity index is 781. The molecule has 0 bridgehead atoms. The highest BCUT2D eigenvalue weighted by molar-refractivity contribution is 5.90. The van der Waals surface area contributed by atoms with E-state index in [2.05, 4.69) is 4.74 Å². The minimum Gasteiger partial charge on any atom is -0.493 e. The molecule has 0 unspecified atom stereocenters. The van der Waals surface area contributed by atoms with E-state index in [1.54, 1.807) is 6.07 Å². The number of ether oxygens (including phenoxy) is 4. The Morgan fingerprint density at radius 1 is 0.920 bits per heavy atom. The minimum absolute atomic E-state index is 0.198. The van der Waals surface area contributed by atoms with Crippen molar-refractivity contribution in [1.29, 1.82) is 0 Å². The molecule has 6 nitrogen and oxygen atoms in total. The molecule has 0 aliphatic heterocycles. The lowest BCUT2D eigenvalue weighted by Gasteiger charge is -2.11. The van der Waals surface area contributed by atoms with E-state index in [0.717, 1.165) is 11.1 Å². The van der Waals surface area contributed by atoms with Gasteiger partial charge in [0.15, 0.2) is 18.1 Å². The summed E-state index contributed by atoms with van der Waals surface area (Å²) in [5, 5.41) is 0. The smallest absolute Gasteiger partial charge is 0.349 e. The van der Waals surface area contributed by atoms with E-state index in [4.69, 9.17) is 14.2 Å². The zero-order chi connectivity index (χ0) is 18.4. The summed E-state index contributed by atoms with van der Waals surface area (Å²) >= 11 is 0. The van der Waals surface area contributed by atoms with E-state index in [-0.39, 0.29) is 18.1 Å². The van der Waals surface area contributed by atoms with Crippen molar-refractivity contribution in [3.63, 3.8) is 0 Å². The lowest BCUT2D eigenvalue weighted by molar-refractivity contribution is -0.136. The third kappa shape index (κ3) is 4.73. The van der Waals surface area contributed by atoms with E-state index in [1.807, 2.05) is 26.0 Å². The summed E-state index contributed by atoms with van der Waals surface area (Å²) in [6.07, 6.45) is 0. The zero-order valence-electron chi connectivity index (χ0n) is 14.6. The van der Waals surface area contributed by atoms with Crippen molar-refractivity contribution in [2.45, 2.75) is 13.8 Å². The maximum atomic E-state index is 12.0. The first kappa shape index (κ1) is 18.3. The molecule has 2 rings (SSSR count). The van der Waals surface area contributed by atoms with Crippen LogP contribution in [-0.2, 0) is 9.53 Å². The highest BCUT2D eigenvalue weighted by atomic mass is 16.6. The number of carbonyl (C=O) groups excluding carboxylic acids is 2.